The van der Waals surface area contributed by atoms with Crippen molar-refractivity contribution < 1.29 is 14.3 Å². The second-order valence-corrected chi connectivity index (χ2v) is 10.0. The normalized spacial score (nSPS) is 11.1. The zero-order valence-corrected chi connectivity index (χ0v) is 21.3. The SMILES string of the molecule is CC(C)(C)c1ccc(C(=O)c2cccc(NC(=O)c3cccc(OCc4ccccc4Cl)c3)c2)cc1. The lowest BCUT2D eigenvalue weighted by Gasteiger charge is -2.19. The number of carbonyl (C=O) groups is 2. The minimum atomic E-state index is -0.294. The van der Waals surface area contributed by atoms with Gasteiger partial charge < -0.3 is 10.1 Å². The smallest absolute Gasteiger partial charge is 0.255 e. The van der Waals surface area contributed by atoms with E-state index in [2.05, 4.69) is 26.1 Å². The fourth-order valence-electron chi connectivity index (χ4n) is 3.73. The number of ether oxygens (including phenoxy) is 1. The van der Waals surface area contributed by atoms with Crippen LogP contribution in [0.5, 0.6) is 5.75 Å². The zero-order chi connectivity index (χ0) is 25.7. The molecule has 0 saturated heterocycles. The molecule has 0 heterocycles. The highest BCUT2D eigenvalue weighted by molar-refractivity contribution is 6.31. The molecule has 36 heavy (non-hydrogen) atoms. The van der Waals surface area contributed by atoms with Crippen LogP contribution in [0.25, 0.3) is 0 Å². The minimum Gasteiger partial charge on any atom is -0.489 e. The van der Waals surface area contributed by atoms with Crippen molar-refractivity contribution in [2.24, 2.45) is 0 Å². The highest BCUT2D eigenvalue weighted by Gasteiger charge is 2.16. The number of benzene rings is 4. The summed E-state index contributed by atoms with van der Waals surface area (Å²) in [6.45, 7) is 6.70. The van der Waals surface area contributed by atoms with Crippen molar-refractivity contribution in [1.82, 2.24) is 0 Å². The van der Waals surface area contributed by atoms with Crippen molar-refractivity contribution in [3.8, 4) is 5.75 Å². The molecule has 0 unspecified atom stereocenters. The Morgan fingerprint density at radius 3 is 2.19 bits per heavy atom. The maximum atomic E-state index is 13.0. The van der Waals surface area contributed by atoms with Crippen LogP contribution in [0.15, 0.2) is 97.1 Å². The van der Waals surface area contributed by atoms with Gasteiger partial charge in [-0.15, -0.1) is 0 Å². The van der Waals surface area contributed by atoms with Crippen LogP contribution < -0.4 is 10.1 Å². The second-order valence-electron chi connectivity index (χ2n) is 9.60. The molecule has 1 amide bonds. The summed E-state index contributed by atoms with van der Waals surface area (Å²) in [5.41, 5.74) is 4.15. The van der Waals surface area contributed by atoms with Crippen LogP contribution in [0, 0.1) is 0 Å². The van der Waals surface area contributed by atoms with E-state index in [-0.39, 0.29) is 17.1 Å². The molecule has 182 valence electrons. The van der Waals surface area contributed by atoms with Gasteiger partial charge in [0.2, 0.25) is 0 Å². The van der Waals surface area contributed by atoms with E-state index in [0.717, 1.165) is 11.1 Å². The number of rotatable bonds is 7. The fourth-order valence-corrected chi connectivity index (χ4v) is 3.92. The van der Waals surface area contributed by atoms with Crippen molar-refractivity contribution in [3.63, 3.8) is 0 Å². The van der Waals surface area contributed by atoms with Crippen LogP contribution in [0.4, 0.5) is 5.69 Å². The molecular weight excluding hydrogens is 470 g/mol. The Kier molecular flexibility index (Phi) is 7.56. The Hall–Kier alpha value is -3.89. The lowest BCUT2D eigenvalue weighted by atomic mass is 9.86. The van der Waals surface area contributed by atoms with Gasteiger partial charge in [0.25, 0.3) is 5.91 Å². The first-order valence-corrected chi connectivity index (χ1v) is 12.1. The first-order valence-electron chi connectivity index (χ1n) is 11.7. The molecule has 0 saturated carbocycles. The Morgan fingerprint density at radius 1 is 0.778 bits per heavy atom. The number of anilines is 1. The number of halogens is 1. The molecule has 0 radical (unpaired) electrons. The minimum absolute atomic E-state index is 0.0166. The lowest BCUT2D eigenvalue weighted by Crippen LogP contribution is -2.13. The molecule has 0 bridgehead atoms. The van der Waals surface area contributed by atoms with Crippen molar-refractivity contribution in [2.45, 2.75) is 32.8 Å². The van der Waals surface area contributed by atoms with Crippen LogP contribution in [0.1, 0.15) is 58.2 Å². The third kappa shape index (κ3) is 6.21. The van der Waals surface area contributed by atoms with E-state index in [0.29, 0.717) is 39.8 Å². The summed E-state index contributed by atoms with van der Waals surface area (Å²) < 4.78 is 5.83. The third-order valence-electron chi connectivity index (χ3n) is 5.84. The molecule has 4 rings (SSSR count). The molecule has 0 fully saturated rings. The van der Waals surface area contributed by atoms with Gasteiger partial charge in [0.1, 0.15) is 12.4 Å². The van der Waals surface area contributed by atoms with Gasteiger partial charge in [-0.1, -0.05) is 93.0 Å². The molecule has 0 aliphatic rings. The quantitative estimate of drug-likeness (QED) is 0.266. The van der Waals surface area contributed by atoms with E-state index >= 15 is 0 Å². The van der Waals surface area contributed by atoms with E-state index in [1.807, 2.05) is 48.5 Å². The van der Waals surface area contributed by atoms with Gasteiger partial charge in [-0.2, -0.15) is 0 Å². The average molecular weight is 498 g/mol. The summed E-state index contributed by atoms with van der Waals surface area (Å²) in [6.07, 6.45) is 0. The van der Waals surface area contributed by atoms with E-state index < -0.39 is 0 Å². The van der Waals surface area contributed by atoms with Crippen molar-refractivity contribution >= 4 is 29.0 Å². The number of nitrogens with one attached hydrogen (secondary N) is 1. The summed E-state index contributed by atoms with van der Waals surface area (Å²) in [5.74, 6) is 0.170. The van der Waals surface area contributed by atoms with Gasteiger partial charge in [-0.3, -0.25) is 9.59 Å². The van der Waals surface area contributed by atoms with Gasteiger partial charge in [0.05, 0.1) is 0 Å². The third-order valence-corrected chi connectivity index (χ3v) is 6.21. The highest BCUT2D eigenvalue weighted by Crippen LogP contribution is 2.24. The van der Waals surface area contributed by atoms with E-state index in [1.54, 1.807) is 48.5 Å². The summed E-state index contributed by atoms with van der Waals surface area (Å²) in [4.78, 5) is 25.9. The predicted octanol–water partition coefficient (Wildman–Crippen LogP) is 7.70. The second kappa shape index (κ2) is 10.8. The van der Waals surface area contributed by atoms with Gasteiger partial charge in [-0.25, -0.2) is 0 Å². The molecule has 4 nitrogen and oxygen atoms in total. The van der Waals surface area contributed by atoms with Crippen LogP contribution in [0.2, 0.25) is 5.02 Å². The zero-order valence-electron chi connectivity index (χ0n) is 20.5. The Bertz CT molecular complexity index is 1390. The number of hydrogen-bond donors (Lipinski definition) is 1. The van der Waals surface area contributed by atoms with Crippen LogP contribution in [-0.2, 0) is 12.0 Å². The molecule has 4 aromatic rings. The summed E-state index contributed by atoms with van der Waals surface area (Å²) >= 11 is 6.19. The van der Waals surface area contributed by atoms with E-state index in [9.17, 15) is 9.59 Å². The van der Waals surface area contributed by atoms with Crippen LogP contribution in [0.3, 0.4) is 0 Å². The van der Waals surface area contributed by atoms with Crippen molar-refractivity contribution in [3.05, 3.63) is 130 Å². The number of amides is 1. The lowest BCUT2D eigenvalue weighted by molar-refractivity contribution is 0.102. The number of hydrogen-bond acceptors (Lipinski definition) is 3. The van der Waals surface area contributed by atoms with E-state index in [1.165, 1.54) is 0 Å². The number of ketones is 1. The standard InChI is InChI=1S/C31H28ClNO3/c1-31(2,3)25-16-14-21(15-17-25)29(34)22-9-6-11-26(18-22)33-30(35)23-10-7-12-27(19-23)36-20-24-8-4-5-13-28(24)32/h4-19H,20H2,1-3H3,(H,33,35). The molecule has 4 aromatic carbocycles. The molecule has 0 atom stereocenters. The predicted molar refractivity (Wildman–Crippen MR) is 145 cm³/mol. The fraction of sp³-hybridized carbons (Fsp3) is 0.161. The summed E-state index contributed by atoms with van der Waals surface area (Å²) in [5, 5.41) is 3.51. The Labute approximate surface area is 216 Å². The maximum Gasteiger partial charge on any atom is 0.255 e. The van der Waals surface area contributed by atoms with Crippen molar-refractivity contribution in [1.29, 1.82) is 0 Å². The molecular formula is C31H28ClNO3. The molecule has 0 aliphatic carbocycles. The van der Waals surface area contributed by atoms with Crippen molar-refractivity contribution in [2.75, 3.05) is 5.32 Å². The highest BCUT2D eigenvalue weighted by atomic mass is 35.5. The molecule has 1 N–H and O–H groups in total. The van der Waals surface area contributed by atoms with Gasteiger partial charge >= 0.3 is 0 Å². The summed E-state index contributed by atoms with van der Waals surface area (Å²) in [6, 6.07) is 29.0. The van der Waals surface area contributed by atoms with E-state index in [4.69, 9.17) is 16.3 Å². The average Bonchev–Trinajstić information content (AvgIpc) is 2.87. The molecule has 0 aliphatic heterocycles. The first kappa shape index (κ1) is 25.2. The van der Waals surface area contributed by atoms with Gasteiger partial charge in [0, 0.05) is 33.0 Å². The molecule has 5 heteroatoms. The summed E-state index contributed by atoms with van der Waals surface area (Å²) in [7, 11) is 0. The Morgan fingerprint density at radius 2 is 1.47 bits per heavy atom. The first-order chi connectivity index (χ1) is 17.2. The molecule has 0 spiro atoms. The number of carbonyl (C=O) groups excluding carboxylic acids is 2. The maximum absolute atomic E-state index is 13.0. The topological polar surface area (TPSA) is 55.4 Å². The largest absolute Gasteiger partial charge is 0.489 e. The van der Waals surface area contributed by atoms with Crippen LogP contribution >= 0.6 is 11.6 Å². The monoisotopic (exact) mass is 497 g/mol. The van der Waals surface area contributed by atoms with Crippen LogP contribution in [-0.4, -0.2) is 11.7 Å². The van der Waals surface area contributed by atoms with Gasteiger partial charge in [0.15, 0.2) is 5.78 Å². The van der Waals surface area contributed by atoms with Gasteiger partial charge in [-0.05, 0) is 47.4 Å². The Balaban J connectivity index is 1.44. The molecule has 0 aromatic heterocycles.